The van der Waals surface area contributed by atoms with Gasteiger partial charge in [-0.3, -0.25) is 9.59 Å². The number of Topliss-reactive ketones (excluding diaryl/α,β-unsaturated/α-hetero) is 1. The average Bonchev–Trinajstić information content (AvgIpc) is 3.25. The summed E-state index contributed by atoms with van der Waals surface area (Å²) in [6, 6.07) is 0. The topological polar surface area (TPSA) is 76.5 Å². The summed E-state index contributed by atoms with van der Waals surface area (Å²) >= 11 is 1.64. The number of thiazole rings is 1. The first-order chi connectivity index (χ1) is 15.9. The lowest BCUT2D eigenvalue weighted by Crippen LogP contribution is -2.39. The maximum atomic E-state index is 13.1. The van der Waals surface area contributed by atoms with E-state index in [9.17, 15) is 14.7 Å². The van der Waals surface area contributed by atoms with Crippen molar-refractivity contribution in [1.82, 2.24) is 4.98 Å². The highest BCUT2D eigenvalue weighted by Gasteiger charge is 2.36. The van der Waals surface area contributed by atoms with E-state index >= 15 is 0 Å². The monoisotopic (exact) mass is 489 g/mol. The molecule has 6 heteroatoms. The van der Waals surface area contributed by atoms with E-state index in [1.165, 1.54) is 5.57 Å². The number of hydrogen-bond donors (Lipinski definition) is 1. The van der Waals surface area contributed by atoms with Gasteiger partial charge in [-0.25, -0.2) is 4.98 Å². The maximum Gasteiger partial charge on any atom is 0.306 e. The lowest BCUT2D eigenvalue weighted by molar-refractivity contribution is -0.148. The molecule has 0 bridgehead atoms. The Labute approximate surface area is 209 Å². The van der Waals surface area contributed by atoms with Crippen molar-refractivity contribution in [2.24, 2.45) is 17.3 Å². The van der Waals surface area contributed by atoms with Crippen molar-refractivity contribution < 1.29 is 19.4 Å². The van der Waals surface area contributed by atoms with Crippen molar-refractivity contribution >= 4 is 29.2 Å². The highest BCUT2D eigenvalue weighted by molar-refractivity contribution is 7.09. The van der Waals surface area contributed by atoms with Crippen LogP contribution in [0.1, 0.15) is 97.7 Å². The number of aromatic nitrogens is 1. The Hall–Kier alpha value is -1.79. The van der Waals surface area contributed by atoms with Crippen LogP contribution in [-0.4, -0.2) is 34.1 Å². The molecule has 0 fully saturated rings. The third kappa shape index (κ3) is 8.16. The molecular formula is C28H43NO4S. The predicted molar refractivity (Wildman–Crippen MR) is 140 cm³/mol. The van der Waals surface area contributed by atoms with Crippen LogP contribution in [0.25, 0.3) is 6.08 Å². The van der Waals surface area contributed by atoms with Gasteiger partial charge in [-0.2, -0.15) is 0 Å². The van der Waals surface area contributed by atoms with Crippen LogP contribution < -0.4 is 0 Å². The molecule has 0 aliphatic carbocycles. The molecule has 0 saturated heterocycles. The summed E-state index contributed by atoms with van der Waals surface area (Å²) in [4.78, 5) is 30.6. The molecule has 1 unspecified atom stereocenters. The number of hydrogen-bond acceptors (Lipinski definition) is 6. The van der Waals surface area contributed by atoms with Crippen LogP contribution in [0.5, 0.6) is 0 Å². The fourth-order valence-corrected chi connectivity index (χ4v) is 5.21. The van der Waals surface area contributed by atoms with Crippen molar-refractivity contribution in [2.75, 3.05) is 0 Å². The summed E-state index contributed by atoms with van der Waals surface area (Å²) in [6.45, 7) is 13.7. The summed E-state index contributed by atoms with van der Waals surface area (Å²) < 4.78 is 5.92. The van der Waals surface area contributed by atoms with Gasteiger partial charge in [0.1, 0.15) is 11.9 Å². The minimum atomic E-state index is -0.704. The van der Waals surface area contributed by atoms with Gasteiger partial charge in [0.15, 0.2) is 0 Å². The number of esters is 1. The van der Waals surface area contributed by atoms with E-state index < -0.39 is 17.4 Å². The lowest BCUT2D eigenvalue weighted by Gasteiger charge is -2.31. The van der Waals surface area contributed by atoms with Gasteiger partial charge in [0.05, 0.1) is 16.8 Å². The second-order valence-electron chi connectivity index (χ2n) is 10.6. The Morgan fingerprint density at radius 2 is 2.00 bits per heavy atom. The Morgan fingerprint density at radius 1 is 1.29 bits per heavy atom. The van der Waals surface area contributed by atoms with E-state index in [0.717, 1.165) is 42.0 Å². The molecule has 1 aromatic heterocycles. The molecule has 5 nitrogen and oxygen atoms in total. The third-order valence-electron chi connectivity index (χ3n) is 7.07. The number of cyclic esters (lactones) is 1. The first-order valence-corrected chi connectivity index (χ1v) is 13.5. The molecule has 2 rings (SSSR count). The molecule has 1 aliphatic rings. The van der Waals surface area contributed by atoms with Crippen LogP contribution >= 0.6 is 11.3 Å². The van der Waals surface area contributed by atoms with E-state index in [1.54, 1.807) is 11.3 Å². The van der Waals surface area contributed by atoms with Gasteiger partial charge in [-0.1, -0.05) is 46.3 Å². The molecule has 1 aliphatic heterocycles. The van der Waals surface area contributed by atoms with Crippen LogP contribution in [-0.2, 0) is 20.7 Å². The van der Waals surface area contributed by atoms with Crippen molar-refractivity contribution in [3.8, 4) is 0 Å². The van der Waals surface area contributed by atoms with Gasteiger partial charge in [-0.15, -0.1) is 11.3 Å². The van der Waals surface area contributed by atoms with Crippen LogP contribution in [0.2, 0.25) is 0 Å². The summed E-state index contributed by atoms with van der Waals surface area (Å²) in [5.41, 5.74) is 2.41. The minimum Gasteiger partial charge on any atom is -0.457 e. The quantitative estimate of drug-likeness (QED) is 0.385. The largest absolute Gasteiger partial charge is 0.457 e. The SMILES string of the molecule is CCc1nc(/C=C(\C)C2C/C=C(/C)CCC[C@H](C)[C@H](O)[C@@H](C)C(=O)C(C)(C)CCC(=O)O2)cs1. The zero-order valence-electron chi connectivity index (χ0n) is 22.0. The number of ether oxygens (including phenoxy) is 1. The molecule has 34 heavy (non-hydrogen) atoms. The van der Waals surface area contributed by atoms with Crippen molar-refractivity contribution in [2.45, 2.75) is 106 Å². The van der Waals surface area contributed by atoms with Gasteiger partial charge in [-0.05, 0) is 63.5 Å². The fraction of sp³-hybridized carbons (Fsp3) is 0.679. The van der Waals surface area contributed by atoms with Gasteiger partial charge in [0, 0.05) is 29.6 Å². The van der Waals surface area contributed by atoms with E-state index in [0.29, 0.717) is 12.8 Å². The number of aliphatic hydroxyl groups excluding tert-OH is 1. The molecule has 0 saturated carbocycles. The van der Waals surface area contributed by atoms with Crippen LogP contribution in [0.3, 0.4) is 0 Å². The minimum absolute atomic E-state index is 0.00528. The van der Waals surface area contributed by atoms with Crippen molar-refractivity contribution in [1.29, 1.82) is 0 Å². The molecule has 0 spiro atoms. The van der Waals surface area contributed by atoms with Gasteiger partial charge < -0.3 is 9.84 Å². The van der Waals surface area contributed by atoms with E-state index in [4.69, 9.17) is 4.74 Å². The standard InChI is InChI=1S/C28H43NO4S/c1-8-24-29-22(17-34-24)16-20(4)23-13-12-18(2)10-9-11-19(3)26(31)21(5)27(32)28(6,7)15-14-25(30)33-23/h12,16-17,19,21,23,26,31H,8-11,13-15H2,1-7H3/b18-12-,20-16+/t19-,21+,23?,26-/m0/s1. The normalized spacial score (nSPS) is 29.9. The third-order valence-corrected chi connectivity index (χ3v) is 8.08. The van der Waals surface area contributed by atoms with Crippen LogP contribution in [0, 0.1) is 17.3 Å². The number of ketones is 1. The molecule has 1 N–H and O–H groups in total. The number of aryl methyl sites for hydroxylation is 1. The Kier molecular flexibility index (Phi) is 10.7. The van der Waals surface area contributed by atoms with Crippen LogP contribution in [0.15, 0.2) is 22.6 Å². The van der Waals surface area contributed by atoms with Crippen molar-refractivity contribution in [3.63, 3.8) is 0 Å². The zero-order valence-corrected chi connectivity index (χ0v) is 22.8. The first kappa shape index (κ1) is 28.4. The maximum absolute atomic E-state index is 13.1. The van der Waals surface area contributed by atoms with E-state index in [1.807, 2.05) is 46.1 Å². The number of rotatable bonds is 3. The van der Waals surface area contributed by atoms with Gasteiger partial charge >= 0.3 is 5.97 Å². The summed E-state index contributed by atoms with van der Waals surface area (Å²) in [5.74, 6) is -0.712. The highest BCUT2D eigenvalue weighted by Crippen LogP contribution is 2.32. The molecule has 190 valence electrons. The fourth-order valence-electron chi connectivity index (χ4n) is 4.51. The summed E-state index contributed by atoms with van der Waals surface area (Å²) in [6.07, 6.45) is 7.95. The highest BCUT2D eigenvalue weighted by atomic mass is 32.1. The zero-order chi connectivity index (χ0) is 25.5. The Morgan fingerprint density at radius 3 is 2.65 bits per heavy atom. The second kappa shape index (κ2) is 12.8. The average molecular weight is 490 g/mol. The molecule has 0 amide bonds. The second-order valence-corrected chi connectivity index (χ2v) is 11.5. The predicted octanol–water partition coefficient (Wildman–Crippen LogP) is 6.55. The lowest BCUT2D eigenvalue weighted by atomic mass is 9.74. The molecule has 0 radical (unpaired) electrons. The molecule has 0 aromatic carbocycles. The van der Waals surface area contributed by atoms with Gasteiger partial charge in [0.25, 0.3) is 0 Å². The molecule has 1 aromatic rings. The number of aliphatic hydroxyl groups is 1. The Bertz CT molecular complexity index is 898. The molecule has 4 atom stereocenters. The number of allylic oxidation sites excluding steroid dienone is 1. The van der Waals surface area contributed by atoms with E-state index in [2.05, 4.69) is 24.9 Å². The molecular weight excluding hydrogens is 446 g/mol. The number of carbonyl (C=O) groups is 2. The number of nitrogens with zero attached hydrogens (tertiary/aromatic N) is 1. The van der Waals surface area contributed by atoms with E-state index in [-0.39, 0.29) is 30.2 Å². The van der Waals surface area contributed by atoms with Gasteiger partial charge in [0.2, 0.25) is 0 Å². The number of carbonyl (C=O) groups excluding carboxylic acids is 2. The van der Waals surface area contributed by atoms with Crippen molar-refractivity contribution in [3.05, 3.63) is 33.3 Å². The summed E-state index contributed by atoms with van der Waals surface area (Å²) in [7, 11) is 0. The summed E-state index contributed by atoms with van der Waals surface area (Å²) in [5, 5.41) is 13.9. The smallest absolute Gasteiger partial charge is 0.306 e. The van der Waals surface area contributed by atoms with Crippen LogP contribution in [0.4, 0.5) is 0 Å². The Balaban J connectivity index is 2.27. The molecule has 2 heterocycles. The first-order valence-electron chi connectivity index (χ1n) is 12.6.